The van der Waals surface area contributed by atoms with E-state index in [0.29, 0.717) is 45.9 Å². The van der Waals surface area contributed by atoms with Gasteiger partial charge in [-0.2, -0.15) is 0 Å². The SMILES string of the molecule is O=C(N1CCOCC1)N1CCN(CC(=O)N2CCc3ccccc32)CC1. The van der Waals surface area contributed by atoms with Gasteiger partial charge in [-0.05, 0) is 18.1 Å². The van der Waals surface area contributed by atoms with Gasteiger partial charge in [0.1, 0.15) is 0 Å². The van der Waals surface area contributed by atoms with Crippen molar-refractivity contribution in [3.63, 3.8) is 0 Å². The summed E-state index contributed by atoms with van der Waals surface area (Å²) in [5, 5.41) is 0. The predicted octanol–water partition coefficient (Wildman–Crippen LogP) is 0.646. The molecule has 1 aromatic carbocycles. The van der Waals surface area contributed by atoms with E-state index in [0.717, 1.165) is 31.7 Å². The highest BCUT2D eigenvalue weighted by atomic mass is 16.5. The van der Waals surface area contributed by atoms with E-state index >= 15 is 0 Å². The lowest BCUT2D eigenvalue weighted by atomic mass is 10.2. The van der Waals surface area contributed by atoms with E-state index in [1.54, 1.807) is 0 Å². The summed E-state index contributed by atoms with van der Waals surface area (Å²) in [7, 11) is 0. The Morgan fingerprint density at radius 3 is 2.35 bits per heavy atom. The molecule has 0 bridgehead atoms. The summed E-state index contributed by atoms with van der Waals surface area (Å²) in [6, 6.07) is 8.24. The molecule has 0 aromatic heterocycles. The summed E-state index contributed by atoms with van der Waals surface area (Å²) in [5.41, 5.74) is 2.31. The van der Waals surface area contributed by atoms with E-state index in [1.165, 1.54) is 5.56 Å². The van der Waals surface area contributed by atoms with E-state index in [4.69, 9.17) is 4.74 Å². The Balaban J connectivity index is 1.27. The molecule has 1 aromatic rings. The Hall–Kier alpha value is -2.12. The van der Waals surface area contributed by atoms with Crippen molar-refractivity contribution in [1.29, 1.82) is 0 Å². The molecule has 0 saturated carbocycles. The van der Waals surface area contributed by atoms with Crippen LogP contribution in [0, 0.1) is 0 Å². The summed E-state index contributed by atoms with van der Waals surface area (Å²) < 4.78 is 5.31. The van der Waals surface area contributed by atoms with E-state index < -0.39 is 0 Å². The van der Waals surface area contributed by atoms with Crippen LogP contribution in [0.15, 0.2) is 24.3 Å². The topological polar surface area (TPSA) is 56.3 Å². The Morgan fingerprint density at radius 2 is 1.58 bits per heavy atom. The number of urea groups is 1. The van der Waals surface area contributed by atoms with Crippen molar-refractivity contribution in [1.82, 2.24) is 14.7 Å². The molecule has 26 heavy (non-hydrogen) atoms. The maximum absolute atomic E-state index is 12.7. The monoisotopic (exact) mass is 358 g/mol. The van der Waals surface area contributed by atoms with Gasteiger partial charge in [-0.3, -0.25) is 9.69 Å². The lowest BCUT2D eigenvalue weighted by Crippen LogP contribution is -2.55. The van der Waals surface area contributed by atoms with Crippen LogP contribution in [-0.4, -0.2) is 92.2 Å². The fourth-order valence-corrected chi connectivity index (χ4v) is 3.93. The maximum Gasteiger partial charge on any atom is 0.320 e. The second kappa shape index (κ2) is 7.63. The van der Waals surface area contributed by atoms with Gasteiger partial charge in [0.2, 0.25) is 5.91 Å². The van der Waals surface area contributed by atoms with Crippen molar-refractivity contribution in [2.75, 3.05) is 70.5 Å². The Bertz CT molecular complexity index is 667. The van der Waals surface area contributed by atoms with Gasteiger partial charge in [0.05, 0.1) is 19.8 Å². The molecule has 7 nitrogen and oxygen atoms in total. The molecule has 4 rings (SSSR count). The van der Waals surface area contributed by atoms with E-state index in [-0.39, 0.29) is 11.9 Å². The van der Waals surface area contributed by atoms with Gasteiger partial charge in [-0.1, -0.05) is 18.2 Å². The first kappa shape index (κ1) is 17.3. The van der Waals surface area contributed by atoms with Crippen LogP contribution in [0.25, 0.3) is 0 Å². The summed E-state index contributed by atoms with van der Waals surface area (Å²) in [6.07, 6.45) is 0.934. The zero-order valence-electron chi connectivity index (χ0n) is 15.1. The van der Waals surface area contributed by atoms with Crippen LogP contribution in [0.3, 0.4) is 0 Å². The van der Waals surface area contributed by atoms with Crippen LogP contribution in [0.1, 0.15) is 5.56 Å². The third-order valence-corrected chi connectivity index (χ3v) is 5.47. The highest BCUT2D eigenvalue weighted by Gasteiger charge is 2.29. The largest absolute Gasteiger partial charge is 0.378 e. The van der Waals surface area contributed by atoms with Crippen molar-refractivity contribution >= 4 is 17.6 Å². The number of piperazine rings is 1. The van der Waals surface area contributed by atoms with Gasteiger partial charge in [-0.25, -0.2) is 4.79 Å². The molecule has 0 spiro atoms. The lowest BCUT2D eigenvalue weighted by molar-refractivity contribution is -0.120. The van der Waals surface area contributed by atoms with Gasteiger partial charge >= 0.3 is 6.03 Å². The first-order chi connectivity index (χ1) is 12.7. The third kappa shape index (κ3) is 3.54. The number of carbonyl (C=O) groups is 2. The predicted molar refractivity (Wildman–Crippen MR) is 98.3 cm³/mol. The number of hydrogen-bond donors (Lipinski definition) is 0. The minimum Gasteiger partial charge on any atom is -0.378 e. The molecule has 3 aliphatic rings. The number of anilines is 1. The zero-order chi connectivity index (χ0) is 17.9. The highest BCUT2D eigenvalue weighted by molar-refractivity contribution is 5.96. The van der Waals surface area contributed by atoms with Crippen LogP contribution >= 0.6 is 0 Å². The fraction of sp³-hybridized carbons (Fsp3) is 0.579. The van der Waals surface area contributed by atoms with E-state index in [9.17, 15) is 9.59 Å². The molecule has 3 heterocycles. The van der Waals surface area contributed by atoms with Crippen LogP contribution in [0.4, 0.5) is 10.5 Å². The summed E-state index contributed by atoms with van der Waals surface area (Å²) >= 11 is 0. The van der Waals surface area contributed by atoms with Crippen LogP contribution in [0.2, 0.25) is 0 Å². The number of rotatable bonds is 2. The smallest absolute Gasteiger partial charge is 0.320 e. The second-order valence-corrected chi connectivity index (χ2v) is 7.07. The molecule has 0 radical (unpaired) electrons. The molecule has 2 fully saturated rings. The molecule has 3 amide bonds. The number of morpholine rings is 1. The zero-order valence-corrected chi connectivity index (χ0v) is 15.1. The number of hydrogen-bond acceptors (Lipinski definition) is 4. The first-order valence-electron chi connectivity index (χ1n) is 9.44. The van der Waals surface area contributed by atoms with Gasteiger partial charge < -0.3 is 19.4 Å². The molecule has 0 atom stereocenters. The van der Waals surface area contributed by atoms with E-state index in [2.05, 4.69) is 11.0 Å². The van der Waals surface area contributed by atoms with Crippen molar-refractivity contribution < 1.29 is 14.3 Å². The Morgan fingerprint density at radius 1 is 0.885 bits per heavy atom. The second-order valence-electron chi connectivity index (χ2n) is 7.07. The summed E-state index contributed by atoms with van der Waals surface area (Å²) in [4.78, 5) is 33.1. The third-order valence-electron chi connectivity index (χ3n) is 5.47. The summed E-state index contributed by atoms with van der Waals surface area (Å²) in [6.45, 7) is 6.64. The average molecular weight is 358 g/mol. The summed E-state index contributed by atoms with van der Waals surface area (Å²) in [5.74, 6) is 0.155. The van der Waals surface area contributed by atoms with Crippen LogP contribution < -0.4 is 4.90 Å². The number of amides is 3. The number of nitrogens with zero attached hydrogens (tertiary/aromatic N) is 4. The van der Waals surface area contributed by atoms with Gasteiger partial charge in [-0.15, -0.1) is 0 Å². The normalized spacial score (nSPS) is 21.0. The van der Waals surface area contributed by atoms with Gasteiger partial charge in [0.25, 0.3) is 0 Å². The van der Waals surface area contributed by atoms with Gasteiger partial charge in [0.15, 0.2) is 0 Å². The Kier molecular flexibility index (Phi) is 5.08. The molecule has 3 aliphatic heterocycles. The van der Waals surface area contributed by atoms with Crippen molar-refractivity contribution in [2.24, 2.45) is 0 Å². The van der Waals surface area contributed by atoms with Crippen LogP contribution in [0.5, 0.6) is 0 Å². The minimum atomic E-state index is 0.104. The molecule has 140 valence electrons. The average Bonchev–Trinajstić information content (AvgIpc) is 3.13. The molecule has 0 N–H and O–H groups in total. The minimum absolute atomic E-state index is 0.104. The highest BCUT2D eigenvalue weighted by Crippen LogP contribution is 2.27. The quantitative estimate of drug-likeness (QED) is 0.779. The molecule has 2 saturated heterocycles. The number of benzene rings is 1. The maximum atomic E-state index is 12.7. The van der Waals surface area contributed by atoms with Crippen molar-refractivity contribution in [3.8, 4) is 0 Å². The standard InChI is InChI=1S/C19H26N4O3/c24-18(23-6-5-16-3-1-2-4-17(16)23)15-20-7-9-21(10-8-20)19(25)22-11-13-26-14-12-22/h1-4H,5-15H2. The molecule has 0 unspecified atom stereocenters. The number of para-hydroxylation sites is 1. The van der Waals surface area contributed by atoms with Crippen molar-refractivity contribution in [3.05, 3.63) is 29.8 Å². The molecular formula is C19H26N4O3. The molecule has 7 heteroatoms. The number of fused-ring (bicyclic) bond motifs is 1. The van der Waals surface area contributed by atoms with Gasteiger partial charge in [0, 0.05) is 51.5 Å². The van der Waals surface area contributed by atoms with E-state index in [1.807, 2.05) is 32.9 Å². The van der Waals surface area contributed by atoms with Crippen LogP contribution in [-0.2, 0) is 16.0 Å². The number of carbonyl (C=O) groups excluding carboxylic acids is 2. The Labute approximate surface area is 154 Å². The molecule has 0 aliphatic carbocycles. The fourth-order valence-electron chi connectivity index (χ4n) is 3.93. The lowest BCUT2D eigenvalue weighted by Gasteiger charge is -2.38. The number of ether oxygens (including phenoxy) is 1. The molecular weight excluding hydrogens is 332 g/mol. The first-order valence-corrected chi connectivity index (χ1v) is 9.44. The van der Waals surface area contributed by atoms with Crippen molar-refractivity contribution in [2.45, 2.75) is 6.42 Å².